The molecule has 1 aromatic rings. The molecule has 0 aliphatic carbocycles. The van der Waals surface area contributed by atoms with Crippen molar-refractivity contribution in [3.8, 4) is 11.5 Å². The maximum Gasteiger partial charge on any atom is 0.161 e. The molecule has 1 aliphatic heterocycles. The van der Waals surface area contributed by atoms with Crippen LogP contribution in [0.25, 0.3) is 0 Å². The summed E-state index contributed by atoms with van der Waals surface area (Å²) in [6, 6.07) is 5.98. The summed E-state index contributed by atoms with van der Waals surface area (Å²) in [5, 5.41) is 12.6. The second-order valence-corrected chi connectivity index (χ2v) is 4.98. The first-order valence-electron chi connectivity index (χ1n) is 7.00. The highest BCUT2D eigenvalue weighted by Crippen LogP contribution is 2.32. The molecule has 20 heavy (non-hydrogen) atoms. The molecule has 0 radical (unpaired) electrons. The van der Waals surface area contributed by atoms with Crippen molar-refractivity contribution < 1.29 is 19.3 Å². The largest absolute Gasteiger partial charge is 0.490 e. The Bertz CT molecular complexity index is 424. The van der Waals surface area contributed by atoms with E-state index in [0.717, 1.165) is 23.5 Å². The first kappa shape index (κ1) is 15.1. The van der Waals surface area contributed by atoms with Gasteiger partial charge >= 0.3 is 0 Å². The fourth-order valence-corrected chi connectivity index (χ4v) is 2.25. The van der Waals surface area contributed by atoms with Crippen LogP contribution in [0.15, 0.2) is 18.2 Å². The van der Waals surface area contributed by atoms with Gasteiger partial charge in [0.05, 0.1) is 32.5 Å². The lowest BCUT2D eigenvalue weighted by Crippen LogP contribution is -2.38. The Labute approximate surface area is 119 Å². The number of benzene rings is 1. The Kier molecular flexibility index (Phi) is 5.64. The lowest BCUT2D eigenvalue weighted by atomic mass is 10.1. The molecule has 2 atom stereocenters. The number of aliphatic hydroxyl groups is 1. The van der Waals surface area contributed by atoms with Crippen LogP contribution < -0.4 is 14.8 Å². The van der Waals surface area contributed by atoms with Crippen molar-refractivity contribution in [3.63, 3.8) is 0 Å². The van der Waals surface area contributed by atoms with E-state index >= 15 is 0 Å². The van der Waals surface area contributed by atoms with Crippen molar-refractivity contribution in [2.45, 2.75) is 25.4 Å². The van der Waals surface area contributed by atoms with Crippen molar-refractivity contribution in [1.29, 1.82) is 0 Å². The summed E-state index contributed by atoms with van der Waals surface area (Å²) in [6.07, 6.45) is 0.901. The molecule has 112 valence electrons. The lowest BCUT2D eigenvalue weighted by molar-refractivity contribution is 0.123. The number of nitrogens with one attached hydrogen (secondary N) is 1. The Morgan fingerprint density at radius 3 is 2.75 bits per heavy atom. The van der Waals surface area contributed by atoms with Gasteiger partial charge < -0.3 is 24.6 Å². The summed E-state index contributed by atoms with van der Waals surface area (Å²) < 4.78 is 16.4. The highest BCUT2D eigenvalue weighted by Gasteiger charge is 2.16. The van der Waals surface area contributed by atoms with E-state index in [2.05, 4.69) is 12.2 Å². The molecular weight excluding hydrogens is 258 g/mol. The van der Waals surface area contributed by atoms with Crippen molar-refractivity contribution in [1.82, 2.24) is 5.32 Å². The van der Waals surface area contributed by atoms with Gasteiger partial charge in [-0.25, -0.2) is 0 Å². The van der Waals surface area contributed by atoms with Gasteiger partial charge in [0, 0.05) is 19.6 Å². The highest BCUT2D eigenvalue weighted by atomic mass is 16.5. The molecule has 2 N–H and O–H groups in total. The van der Waals surface area contributed by atoms with E-state index in [1.54, 1.807) is 7.11 Å². The second kappa shape index (κ2) is 7.47. The zero-order valence-corrected chi connectivity index (χ0v) is 12.1. The number of hydrogen-bond acceptors (Lipinski definition) is 5. The number of fused-ring (bicyclic) bond motifs is 1. The SMILES string of the molecule is COCC(CO)NC(C)c1ccc2c(c1)OCCCO2. The average Bonchev–Trinajstić information content (AvgIpc) is 2.71. The van der Waals surface area contributed by atoms with Crippen LogP contribution >= 0.6 is 0 Å². The van der Waals surface area contributed by atoms with Gasteiger partial charge in [0.2, 0.25) is 0 Å². The monoisotopic (exact) mass is 281 g/mol. The third kappa shape index (κ3) is 3.85. The van der Waals surface area contributed by atoms with E-state index in [1.165, 1.54) is 0 Å². The highest BCUT2D eigenvalue weighted by molar-refractivity contribution is 5.44. The molecule has 5 nitrogen and oxygen atoms in total. The van der Waals surface area contributed by atoms with Gasteiger partial charge in [-0.15, -0.1) is 0 Å². The van der Waals surface area contributed by atoms with Gasteiger partial charge in [0.15, 0.2) is 11.5 Å². The normalized spacial score (nSPS) is 17.4. The minimum absolute atomic E-state index is 0.0444. The predicted molar refractivity (Wildman–Crippen MR) is 76.3 cm³/mol. The first-order chi connectivity index (χ1) is 9.74. The van der Waals surface area contributed by atoms with Crippen LogP contribution in [0.2, 0.25) is 0 Å². The van der Waals surface area contributed by atoms with Crippen molar-refractivity contribution in [3.05, 3.63) is 23.8 Å². The zero-order chi connectivity index (χ0) is 14.4. The summed E-state index contributed by atoms with van der Waals surface area (Å²) in [7, 11) is 1.63. The Morgan fingerprint density at radius 2 is 2.05 bits per heavy atom. The standard InChI is InChI=1S/C15H23NO4/c1-11(16-13(9-17)10-18-2)12-4-5-14-15(8-12)20-7-3-6-19-14/h4-5,8,11,13,16-17H,3,6-7,9-10H2,1-2H3. The third-order valence-electron chi connectivity index (χ3n) is 3.35. The molecule has 0 saturated carbocycles. The first-order valence-corrected chi connectivity index (χ1v) is 7.00. The number of rotatable bonds is 6. The smallest absolute Gasteiger partial charge is 0.161 e. The maximum absolute atomic E-state index is 9.29. The summed E-state index contributed by atoms with van der Waals surface area (Å²) in [5.74, 6) is 1.59. The molecule has 2 rings (SSSR count). The van der Waals surface area contributed by atoms with Crippen LogP contribution in [-0.2, 0) is 4.74 Å². The Hall–Kier alpha value is -1.30. The zero-order valence-electron chi connectivity index (χ0n) is 12.1. The summed E-state index contributed by atoms with van der Waals surface area (Å²) in [4.78, 5) is 0. The van der Waals surface area contributed by atoms with E-state index in [4.69, 9.17) is 14.2 Å². The van der Waals surface area contributed by atoms with Gasteiger partial charge in [-0.2, -0.15) is 0 Å². The molecule has 5 heteroatoms. The van der Waals surface area contributed by atoms with Crippen molar-refractivity contribution in [2.75, 3.05) is 33.5 Å². The fourth-order valence-electron chi connectivity index (χ4n) is 2.25. The Morgan fingerprint density at radius 1 is 1.30 bits per heavy atom. The number of hydrogen-bond donors (Lipinski definition) is 2. The molecular formula is C15H23NO4. The average molecular weight is 281 g/mol. The molecule has 2 unspecified atom stereocenters. The van der Waals surface area contributed by atoms with Gasteiger partial charge in [-0.3, -0.25) is 0 Å². The van der Waals surface area contributed by atoms with Crippen LogP contribution in [-0.4, -0.2) is 44.7 Å². The lowest BCUT2D eigenvalue weighted by Gasteiger charge is -2.22. The fraction of sp³-hybridized carbons (Fsp3) is 0.600. The van der Waals surface area contributed by atoms with Gasteiger partial charge in [0.25, 0.3) is 0 Å². The van der Waals surface area contributed by atoms with Crippen molar-refractivity contribution >= 4 is 0 Å². The van der Waals surface area contributed by atoms with Crippen LogP contribution in [0.4, 0.5) is 0 Å². The summed E-state index contributed by atoms with van der Waals surface area (Å²) in [6.45, 7) is 3.95. The van der Waals surface area contributed by atoms with Crippen LogP contribution in [0, 0.1) is 0 Å². The molecule has 1 aromatic carbocycles. The van der Waals surface area contributed by atoms with E-state index in [0.29, 0.717) is 19.8 Å². The van der Waals surface area contributed by atoms with Gasteiger partial charge in [0.1, 0.15) is 0 Å². The minimum Gasteiger partial charge on any atom is -0.490 e. The molecule has 0 fully saturated rings. The molecule has 0 spiro atoms. The second-order valence-electron chi connectivity index (χ2n) is 4.98. The summed E-state index contributed by atoms with van der Waals surface area (Å²) >= 11 is 0. The molecule has 1 aliphatic rings. The number of ether oxygens (including phenoxy) is 3. The van der Waals surface area contributed by atoms with Crippen LogP contribution in [0.1, 0.15) is 24.9 Å². The third-order valence-corrected chi connectivity index (χ3v) is 3.35. The predicted octanol–water partition coefficient (Wildman–Crippen LogP) is 1.51. The van der Waals surface area contributed by atoms with E-state index in [1.807, 2.05) is 18.2 Å². The number of aliphatic hydroxyl groups excluding tert-OH is 1. The molecule has 0 aromatic heterocycles. The Balaban J connectivity index is 2.06. The molecule has 0 bridgehead atoms. The minimum atomic E-state index is -0.0778. The van der Waals surface area contributed by atoms with E-state index in [9.17, 15) is 5.11 Å². The van der Waals surface area contributed by atoms with E-state index in [-0.39, 0.29) is 18.7 Å². The summed E-state index contributed by atoms with van der Waals surface area (Å²) in [5.41, 5.74) is 1.10. The molecule has 0 amide bonds. The quantitative estimate of drug-likeness (QED) is 0.827. The number of methoxy groups -OCH3 is 1. The van der Waals surface area contributed by atoms with Crippen LogP contribution in [0.3, 0.4) is 0 Å². The van der Waals surface area contributed by atoms with Crippen LogP contribution in [0.5, 0.6) is 11.5 Å². The maximum atomic E-state index is 9.29. The molecule has 1 heterocycles. The van der Waals surface area contributed by atoms with Gasteiger partial charge in [-0.1, -0.05) is 6.07 Å². The van der Waals surface area contributed by atoms with Gasteiger partial charge in [-0.05, 0) is 24.6 Å². The topological polar surface area (TPSA) is 60.0 Å². The van der Waals surface area contributed by atoms with Crippen molar-refractivity contribution in [2.24, 2.45) is 0 Å². The molecule has 0 saturated heterocycles. The van der Waals surface area contributed by atoms with E-state index < -0.39 is 0 Å².